The third-order valence-corrected chi connectivity index (χ3v) is 3.22. The van der Waals surface area contributed by atoms with Crippen molar-refractivity contribution in [2.75, 3.05) is 11.9 Å². The molecule has 1 aliphatic rings. The van der Waals surface area contributed by atoms with Gasteiger partial charge in [-0.15, -0.1) is 0 Å². The Kier molecular flexibility index (Phi) is 3.10. The van der Waals surface area contributed by atoms with E-state index in [9.17, 15) is 0 Å². The first-order chi connectivity index (χ1) is 7.24. The lowest BCUT2D eigenvalue weighted by atomic mass is 10.0. The monoisotopic (exact) mass is 225 g/mol. The second-order valence-electron chi connectivity index (χ2n) is 4.33. The van der Waals surface area contributed by atoms with Crippen molar-refractivity contribution >= 4 is 17.4 Å². The molecule has 0 atom stereocenters. The number of halogens is 1. The topological polar surface area (TPSA) is 37.8 Å². The standard InChI is InChI=1S/C11H16ClN3/c1-2-3-11(4-5-11)7-13-10-6-9(12)14-8-15-10/h6,8H,2-5,7H2,1H3,(H,13,14,15). The molecule has 0 aromatic carbocycles. The Bertz CT molecular complexity index is 336. The Morgan fingerprint density at radius 1 is 1.47 bits per heavy atom. The molecule has 2 rings (SSSR count). The Morgan fingerprint density at radius 3 is 2.87 bits per heavy atom. The number of nitrogens with zero attached hydrogens (tertiary/aromatic N) is 2. The largest absolute Gasteiger partial charge is 0.369 e. The molecule has 1 aromatic heterocycles. The summed E-state index contributed by atoms with van der Waals surface area (Å²) in [4.78, 5) is 7.97. The van der Waals surface area contributed by atoms with Gasteiger partial charge in [0, 0.05) is 12.6 Å². The van der Waals surface area contributed by atoms with Crippen LogP contribution in [-0.4, -0.2) is 16.5 Å². The second-order valence-corrected chi connectivity index (χ2v) is 4.72. The maximum Gasteiger partial charge on any atom is 0.134 e. The SMILES string of the molecule is CCCC1(CNc2cc(Cl)ncn2)CC1. The van der Waals surface area contributed by atoms with Crippen molar-refractivity contribution in [2.45, 2.75) is 32.6 Å². The lowest BCUT2D eigenvalue weighted by Gasteiger charge is -2.15. The van der Waals surface area contributed by atoms with Gasteiger partial charge in [0.2, 0.25) is 0 Å². The van der Waals surface area contributed by atoms with Crippen LogP contribution in [0.3, 0.4) is 0 Å². The molecule has 82 valence electrons. The molecule has 0 aliphatic heterocycles. The van der Waals surface area contributed by atoms with Crippen LogP contribution < -0.4 is 5.32 Å². The summed E-state index contributed by atoms with van der Waals surface area (Å²) in [5.74, 6) is 0.831. The van der Waals surface area contributed by atoms with Crippen LogP contribution >= 0.6 is 11.6 Å². The first-order valence-electron chi connectivity index (χ1n) is 5.45. The highest BCUT2D eigenvalue weighted by atomic mass is 35.5. The van der Waals surface area contributed by atoms with Gasteiger partial charge < -0.3 is 5.32 Å². The average Bonchev–Trinajstić information content (AvgIpc) is 2.97. The maximum atomic E-state index is 5.78. The summed E-state index contributed by atoms with van der Waals surface area (Å²) < 4.78 is 0. The summed E-state index contributed by atoms with van der Waals surface area (Å²) >= 11 is 5.78. The van der Waals surface area contributed by atoms with E-state index in [1.165, 1.54) is 32.0 Å². The molecule has 1 aromatic rings. The first-order valence-corrected chi connectivity index (χ1v) is 5.83. The van der Waals surface area contributed by atoms with E-state index in [-0.39, 0.29) is 0 Å². The number of nitrogens with one attached hydrogen (secondary N) is 1. The molecular weight excluding hydrogens is 210 g/mol. The maximum absolute atomic E-state index is 5.78. The third-order valence-electron chi connectivity index (χ3n) is 3.02. The van der Waals surface area contributed by atoms with Crippen molar-refractivity contribution in [2.24, 2.45) is 5.41 Å². The Labute approximate surface area is 95.3 Å². The highest BCUT2D eigenvalue weighted by Crippen LogP contribution is 2.49. The number of anilines is 1. The van der Waals surface area contributed by atoms with E-state index in [1.54, 1.807) is 6.07 Å². The van der Waals surface area contributed by atoms with Gasteiger partial charge in [-0.25, -0.2) is 9.97 Å². The van der Waals surface area contributed by atoms with E-state index in [1.807, 2.05) is 0 Å². The van der Waals surface area contributed by atoms with Gasteiger partial charge in [-0.3, -0.25) is 0 Å². The van der Waals surface area contributed by atoms with Gasteiger partial charge in [0.1, 0.15) is 17.3 Å². The summed E-state index contributed by atoms with van der Waals surface area (Å²) in [5, 5.41) is 3.83. The molecule has 0 spiro atoms. The Hall–Kier alpha value is -0.830. The molecule has 0 amide bonds. The van der Waals surface area contributed by atoms with Crippen LogP contribution in [0.25, 0.3) is 0 Å². The molecule has 4 heteroatoms. The molecule has 1 heterocycles. The molecule has 0 bridgehead atoms. The van der Waals surface area contributed by atoms with Crippen LogP contribution in [0.2, 0.25) is 5.15 Å². The molecule has 15 heavy (non-hydrogen) atoms. The summed E-state index contributed by atoms with van der Waals surface area (Å²) in [5.41, 5.74) is 0.534. The van der Waals surface area contributed by atoms with Gasteiger partial charge in [-0.1, -0.05) is 24.9 Å². The second kappa shape index (κ2) is 4.35. The van der Waals surface area contributed by atoms with Crippen molar-refractivity contribution in [1.82, 2.24) is 9.97 Å². The summed E-state index contributed by atoms with van der Waals surface area (Å²) in [6.45, 7) is 3.25. The van der Waals surface area contributed by atoms with Crippen LogP contribution in [0.15, 0.2) is 12.4 Å². The molecule has 1 aliphatic carbocycles. The molecule has 0 unspecified atom stereocenters. The minimum atomic E-state index is 0.493. The minimum absolute atomic E-state index is 0.493. The van der Waals surface area contributed by atoms with E-state index in [0.717, 1.165) is 12.4 Å². The van der Waals surface area contributed by atoms with E-state index in [0.29, 0.717) is 10.6 Å². The van der Waals surface area contributed by atoms with E-state index < -0.39 is 0 Å². The zero-order valence-corrected chi connectivity index (χ0v) is 9.72. The molecule has 0 saturated heterocycles. The van der Waals surface area contributed by atoms with Crippen molar-refractivity contribution in [3.63, 3.8) is 0 Å². The van der Waals surface area contributed by atoms with Crippen LogP contribution in [0.5, 0.6) is 0 Å². The van der Waals surface area contributed by atoms with Gasteiger partial charge in [0.05, 0.1) is 0 Å². The van der Waals surface area contributed by atoms with Crippen LogP contribution in [0.4, 0.5) is 5.82 Å². The Balaban J connectivity index is 1.88. The molecule has 1 saturated carbocycles. The van der Waals surface area contributed by atoms with Crippen molar-refractivity contribution < 1.29 is 0 Å². The summed E-state index contributed by atoms with van der Waals surface area (Å²) in [6, 6.07) is 1.77. The molecule has 1 fully saturated rings. The normalized spacial score (nSPS) is 17.5. The highest BCUT2D eigenvalue weighted by molar-refractivity contribution is 6.29. The third kappa shape index (κ3) is 2.81. The molecular formula is C11H16ClN3. The molecule has 0 radical (unpaired) electrons. The Morgan fingerprint density at radius 2 is 2.27 bits per heavy atom. The van der Waals surface area contributed by atoms with Gasteiger partial charge in [-0.2, -0.15) is 0 Å². The van der Waals surface area contributed by atoms with E-state index in [2.05, 4.69) is 22.2 Å². The molecule has 3 nitrogen and oxygen atoms in total. The predicted molar refractivity (Wildman–Crippen MR) is 62.1 cm³/mol. The van der Waals surface area contributed by atoms with Gasteiger partial charge >= 0.3 is 0 Å². The first kappa shape index (κ1) is 10.7. The van der Waals surface area contributed by atoms with Crippen LogP contribution in [-0.2, 0) is 0 Å². The fourth-order valence-corrected chi connectivity index (χ4v) is 2.08. The van der Waals surface area contributed by atoms with Crippen LogP contribution in [0, 0.1) is 5.41 Å². The predicted octanol–water partition coefficient (Wildman–Crippen LogP) is 3.12. The average molecular weight is 226 g/mol. The minimum Gasteiger partial charge on any atom is -0.369 e. The van der Waals surface area contributed by atoms with Crippen molar-refractivity contribution in [1.29, 1.82) is 0 Å². The smallest absolute Gasteiger partial charge is 0.134 e. The van der Waals surface area contributed by atoms with Crippen molar-refractivity contribution in [3.05, 3.63) is 17.5 Å². The number of aromatic nitrogens is 2. The quantitative estimate of drug-likeness (QED) is 0.783. The van der Waals surface area contributed by atoms with Gasteiger partial charge in [0.15, 0.2) is 0 Å². The van der Waals surface area contributed by atoms with Crippen LogP contribution in [0.1, 0.15) is 32.6 Å². The number of hydrogen-bond acceptors (Lipinski definition) is 3. The van der Waals surface area contributed by atoms with Gasteiger partial charge in [0.25, 0.3) is 0 Å². The zero-order chi connectivity index (χ0) is 10.7. The fraction of sp³-hybridized carbons (Fsp3) is 0.636. The number of rotatable bonds is 5. The van der Waals surface area contributed by atoms with Gasteiger partial charge in [-0.05, 0) is 24.7 Å². The number of hydrogen-bond donors (Lipinski definition) is 1. The fourth-order valence-electron chi connectivity index (χ4n) is 1.93. The lowest BCUT2D eigenvalue weighted by Crippen LogP contribution is -2.15. The zero-order valence-electron chi connectivity index (χ0n) is 8.96. The van der Waals surface area contributed by atoms with Crippen molar-refractivity contribution in [3.8, 4) is 0 Å². The molecule has 1 N–H and O–H groups in total. The summed E-state index contributed by atoms with van der Waals surface area (Å²) in [6.07, 6.45) is 6.73. The highest BCUT2D eigenvalue weighted by Gasteiger charge is 2.41. The van der Waals surface area contributed by atoms with E-state index in [4.69, 9.17) is 11.6 Å². The van der Waals surface area contributed by atoms with E-state index >= 15 is 0 Å². The summed E-state index contributed by atoms with van der Waals surface area (Å²) in [7, 11) is 0. The lowest BCUT2D eigenvalue weighted by molar-refractivity contribution is 0.485.